The molecule has 4 aliphatic rings. The SMILES string of the molecule is CC1(C)S[C@@H]2[C@@H](N=CN3C4CCC3CC(OC(=O)CC(=O)OCc3ccccc3)C4)C(=O)N2[C@H]1C(=O)O. The van der Waals surface area contributed by atoms with E-state index in [0.29, 0.717) is 12.8 Å². The van der Waals surface area contributed by atoms with Gasteiger partial charge >= 0.3 is 17.9 Å². The van der Waals surface area contributed by atoms with E-state index < -0.39 is 41.2 Å². The first-order valence-electron chi connectivity index (χ1n) is 12.6. The number of hydrogen-bond acceptors (Lipinski definition) is 8. The number of carboxylic acid groups (broad SMARTS) is 1. The van der Waals surface area contributed by atoms with Gasteiger partial charge < -0.3 is 24.4 Å². The predicted molar refractivity (Wildman–Crippen MR) is 135 cm³/mol. The fraction of sp³-hybridized carbons (Fsp3) is 0.577. The fourth-order valence-corrected chi connectivity index (χ4v) is 7.48. The zero-order valence-corrected chi connectivity index (χ0v) is 21.6. The normalized spacial score (nSPS) is 31.7. The number of esters is 2. The van der Waals surface area contributed by atoms with Crippen molar-refractivity contribution in [1.82, 2.24) is 9.80 Å². The van der Waals surface area contributed by atoms with Gasteiger partial charge in [-0.2, -0.15) is 0 Å². The quantitative estimate of drug-likeness (QED) is 0.177. The lowest BCUT2D eigenvalue weighted by Crippen LogP contribution is -2.65. The van der Waals surface area contributed by atoms with Gasteiger partial charge in [-0.25, -0.2) is 4.79 Å². The van der Waals surface area contributed by atoms with Crippen molar-refractivity contribution < 1.29 is 33.8 Å². The van der Waals surface area contributed by atoms with Gasteiger partial charge in [0.05, 0.1) is 6.34 Å². The Bertz CT molecular complexity index is 1100. The molecular weight excluding hydrogens is 498 g/mol. The number of nitrogens with zero attached hydrogens (tertiary/aromatic N) is 3. The standard InChI is InChI=1S/C26H31N3O7S/c1-26(2)22(25(33)34)29-23(32)21(24(29)37-26)27-14-28-16-8-9-17(28)11-18(10-16)36-20(31)12-19(30)35-13-15-6-4-3-5-7-15/h3-7,14,16-18,21-22,24H,8-13H2,1-2H3,(H,33,34)/t16?,17?,18?,21-,22-,24+/m0/s1. The predicted octanol–water partition coefficient (Wildman–Crippen LogP) is 2.20. The van der Waals surface area contributed by atoms with Crippen LogP contribution in [0.15, 0.2) is 35.3 Å². The lowest BCUT2D eigenvalue weighted by Gasteiger charge is -2.42. The lowest BCUT2D eigenvalue weighted by molar-refractivity contribution is -0.160. The molecule has 11 heteroatoms. The molecule has 1 amide bonds. The van der Waals surface area contributed by atoms with Crippen LogP contribution < -0.4 is 0 Å². The monoisotopic (exact) mass is 529 g/mol. The van der Waals surface area contributed by atoms with Gasteiger partial charge in [0.1, 0.15) is 30.5 Å². The second-order valence-electron chi connectivity index (χ2n) is 10.5. The molecule has 0 spiro atoms. The Morgan fingerprint density at radius 3 is 2.46 bits per heavy atom. The third kappa shape index (κ3) is 5.05. The number of aliphatic imine (C=N–C) groups is 1. The minimum atomic E-state index is -0.991. The second kappa shape index (κ2) is 10.00. The number of rotatable bonds is 8. The van der Waals surface area contributed by atoms with E-state index in [9.17, 15) is 24.3 Å². The highest BCUT2D eigenvalue weighted by Crippen LogP contribution is 2.51. The van der Waals surface area contributed by atoms with Gasteiger partial charge in [-0.3, -0.25) is 19.4 Å². The molecule has 0 aliphatic carbocycles. The number of β-lactam (4-membered cyclic amide) rings is 1. The van der Waals surface area contributed by atoms with Gasteiger partial charge in [-0.15, -0.1) is 11.8 Å². The Balaban J connectivity index is 1.10. The summed E-state index contributed by atoms with van der Waals surface area (Å²) in [4.78, 5) is 56.9. The number of piperidine rings is 1. The van der Waals surface area contributed by atoms with Crippen LogP contribution in [0.1, 0.15) is 51.5 Å². The number of amides is 1. The fourth-order valence-electron chi connectivity index (χ4n) is 5.86. The van der Waals surface area contributed by atoms with E-state index in [4.69, 9.17) is 9.47 Å². The summed E-state index contributed by atoms with van der Waals surface area (Å²) in [6.07, 6.45) is 4.16. The lowest BCUT2D eigenvalue weighted by atomic mass is 9.96. The molecule has 1 aromatic carbocycles. The highest BCUT2D eigenvalue weighted by atomic mass is 32.2. The van der Waals surface area contributed by atoms with Crippen molar-refractivity contribution in [3.63, 3.8) is 0 Å². The maximum Gasteiger partial charge on any atom is 0.327 e. The largest absolute Gasteiger partial charge is 0.480 e. The van der Waals surface area contributed by atoms with Crippen LogP contribution in [0.5, 0.6) is 0 Å². The topological polar surface area (TPSA) is 126 Å². The Morgan fingerprint density at radius 1 is 1.14 bits per heavy atom. The summed E-state index contributed by atoms with van der Waals surface area (Å²) in [5.74, 6) is -2.44. The molecule has 2 unspecified atom stereocenters. The van der Waals surface area contributed by atoms with Gasteiger partial charge in [0.25, 0.3) is 5.91 Å². The number of benzene rings is 1. The molecule has 2 bridgehead atoms. The molecule has 4 fully saturated rings. The second-order valence-corrected chi connectivity index (χ2v) is 12.3. The van der Waals surface area contributed by atoms with E-state index in [1.165, 1.54) is 16.7 Å². The summed E-state index contributed by atoms with van der Waals surface area (Å²) in [6, 6.07) is 8.11. The van der Waals surface area contributed by atoms with E-state index in [2.05, 4.69) is 9.89 Å². The zero-order valence-electron chi connectivity index (χ0n) is 20.8. The number of fused-ring (bicyclic) bond motifs is 3. The Labute approximate surface area is 219 Å². The van der Waals surface area contributed by atoms with Crippen LogP contribution in [0, 0.1) is 0 Å². The van der Waals surface area contributed by atoms with Crippen molar-refractivity contribution >= 4 is 41.9 Å². The summed E-state index contributed by atoms with van der Waals surface area (Å²) in [5, 5.41) is 9.31. The summed E-state index contributed by atoms with van der Waals surface area (Å²) < 4.78 is 10.2. The summed E-state index contributed by atoms with van der Waals surface area (Å²) >= 11 is 1.48. The van der Waals surface area contributed by atoms with Crippen LogP contribution >= 0.6 is 11.8 Å². The van der Waals surface area contributed by atoms with Gasteiger partial charge in [-0.1, -0.05) is 30.3 Å². The van der Waals surface area contributed by atoms with Crippen LogP contribution in [-0.4, -0.2) is 85.5 Å². The zero-order chi connectivity index (χ0) is 26.3. The van der Waals surface area contributed by atoms with Crippen molar-refractivity contribution in [2.45, 2.75) is 93.0 Å². The van der Waals surface area contributed by atoms with E-state index in [-0.39, 0.29) is 36.1 Å². The van der Waals surface area contributed by atoms with Gasteiger partial charge in [0, 0.05) is 29.7 Å². The molecular formula is C26H31N3O7S. The number of ether oxygens (including phenoxy) is 2. The Morgan fingerprint density at radius 2 is 1.81 bits per heavy atom. The molecule has 5 rings (SSSR count). The molecule has 4 heterocycles. The Kier molecular flexibility index (Phi) is 6.91. The van der Waals surface area contributed by atoms with Crippen molar-refractivity contribution in [2.75, 3.05) is 0 Å². The van der Waals surface area contributed by atoms with Crippen molar-refractivity contribution in [3.05, 3.63) is 35.9 Å². The molecule has 0 aromatic heterocycles. The molecule has 1 aromatic rings. The minimum Gasteiger partial charge on any atom is -0.480 e. The number of hydrogen-bond donors (Lipinski definition) is 1. The number of carboxylic acids is 1. The average molecular weight is 530 g/mol. The minimum absolute atomic E-state index is 0.115. The Hall–Kier alpha value is -3.08. The summed E-state index contributed by atoms with van der Waals surface area (Å²) in [7, 11) is 0. The molecule has 10 nitrogen and oxygen atoms in total. The van der Waals surface area contributed by atoms with Gasteiger partial charge in [0.2, 0.25) is 0 Å². The van der Waals surface area contributed by atoms with Gasteiger partial charge in [-0.05, 0) is 32.3 Å². The average Bonchev–Trinajstić information content (AvgIpc) is 3.24. The molecule has 37 heavy (non-hydrogen) atoms. The molecule has 5 atom stereocenters. The maximum atomic E-state index is 12.7. The van der Waals surface area contributed by atoms with E-state index in [1.807, 2.05) is 44.2 Å². The third-order valence-corrected chi connectivity index (χ3v) is 9.14. The first-order valence-corrected chi connectivity index (χ1v) is 13.4. The number of carbonyl (C=O) groups excluding carboxylic acids is 3. The van der Waals surface area contributed by atoms with Gasteiger partial charge in [0.15, 0.2) is 6.04 Å². The van der Waals surface area contributed by atoms with Crippen molar-refractivity contribution in [2.24, 2.45) is 4.99 Å². The van der Waals surface area contributed by atoms with Crippen LogP contribution in [0.2, 0.25) is 0 Å². The van der Waals surface area contributed by atoms with Crippen molar-refractivity contribution in [1.29, 1.82) is 0 Å². The van der Waals surface area contributed by atoms with E-state index >= 15 is 0 Å². The summed E-state index contributed by atoms with van der Waals surface area (Å²) in [5.41, 5.74) is 0.850. The highest BCUT2D eigenvalue weighted by molar-refractivity contribution is 8.01. The number of thioether (sulfide) groups is 1. The van der Waals surface area contributed by atoms with E-state index in [1.54, 1.807) is 6.34 Å². The maximum absolute atomic E-state index is 12.7. The van der Waals surface area contributed by atoms with Crippen molar-refractivity contribution in [3.8, 4) is 0 Å². The molecule has 1 N–H and O–H groups in total. The molecule has 4 aliphatic heterocycles. The summed E-state index contributed by atoms with van der Waals surface area (Å²) in [6.45, 7) is 3.81. The molecule has 198 valence electrons. The smallest absolute Gasteiger partial charge is 0.327 e. The van der Waals surface area contributed by atoms with Crippen LogP contribution in [0.3, 0.4) is 0 Å². The first kappa shape index (κ1) is 25.6. The third-order valence-electron chi connectivity index (χ3n) is 7.58. The molecule has 0 saturated carbocycles. The van der Waals surface area contributed by atoms with Crippen LogP contribution in [0.25, 0.3) is 0 Å². The molecule has 4 saturated heterocycles. The highest BCUT2D eigenvalue weighted by Gasteiger charge is 2.64. The van der Waals surface area contributed by atoms with Crippen LogP contribution in [-0.2, 0) is 35.3 Å². The van der Waals surface area contributed by atoms with E-state index in [0.717, 1.165) is 18.4 Å². The number of aliphatic carboxylic acids is 1. The first-order chi connectivity index (χ1) is 17.6. The molecule has 0 radical (unpaired) electrons. The van der Waals surface area contributed by atoms with Crippen LogP contribution in [0.4, 0.5) is 0 Å². The number of carbonyl (C=O) groups is 4.